The highest BCUT2D eigenvalue weighted by Gasteiger charge is 2.38. The molecule has 0 aliphatic heterocycles. The molecule has 0 spiro atoms. The summed E-state index contributed by atoms with van der Waals surface area (Å²) in [6, 6.07) is 8.78. The number of fused-ring (bicyclic) bond motifs is 1. The Bertz CT molecular complexity index is 887. The molecule has 8 heteroatoms. The minimum atomic E-state index is -4.55. The van der Waals surface area contributed by atoms with Crippen LogP contribution in [-0.4, -0.2) is 20.8 Å². The molecule has 2 aromatic heterocycles. The third-order valence-corrected chi connectivity index (χ3v) is 4.26. The molecule has 0 fully saturated rings. The van der Waals surface area contributed by atoms with Gasteiger partial charge in [0.1, 0.15) is 0 Å². The second-order valence-electron chi connectivity index (χ2n) is 5.57. The van der Waals surface area contributed by atoms with Gasteiger partial charge in [0.05, 0.1) is 16.8 Å². The highest BCUT2D eigenvalue weighted by molar-refractivity contribution is 14.1. The Morgan fingerprint density at radius 3 is 2.54 bits per heavy atom. The van der Waals surface area contributed by atoms with Crippen LogP contribution < -0.4 is 5.32 Å². The first-order valence-corrected chi connectivity index (χ1v) is 8.33. The molecular formula is C16H14F3IN4. The van der Waals surface area contributed by atoms with E-state index in [0.717, 1.165) is 0 Å². The zero-order chi connectivity index (χ0) is 17.5. The van der Waals surface area contributed by atoms with E-state index in [9.17, 15) is 13.2 Å². The maximum absolute atomic E-state index is 13.4. The largest absolute Gasteiger partial charge is 0.435 e. The summed E-state index contributed by atoms with van der Waals surface area (Å²) in [7, 11) is 0. The summed E-state index contributed by atoms with van der Waals surface area (Å²) in [4.78, 5) is 4.14. The van der Waals surface area contributed by atoms with E-state index in [4.69, 9.17) is 0 Å². The number of alkyl halides is 3. The van der Waals surface area contributed by atoms with Gasteiger partial charge in [-0.3, -0.25) is 0 Å². The van der Waals surface area contributed by atoms with Crippen molar-refractivity contribution in [2.75, 3.05) is 5.32 Å². The van der Waals surface area contributed by atoms with Crippen LogP contribution in [-0.2, 0) is 6.18 Å². The van der Waals surface area contributed by atoms with Crippen LogP contribution in [0.3, 0.4) is 0 Å². The second kappa shape index (κ2) is 6.23. The standard InChI is InChI=1S/C16H14F3IN4/c1-9(2)22-11-5-3-4-6-12(11)24-15-13(10(20)7-8-21-15)14(23-24)16(17,18)19/h3-9,22H,1-2H3. The summed E-state index contributed by atoms with van der Waals surface area (Å²) in [6.07, 6.45) is -3.06. The lowest BCUT2D eigenvalue weighted by molar-refractivity contribution is -0.140. The Kier molecular flexibility index (Phi) is 4.41. The van der Waals surface area contributed by atoms with Crippen LogP contribution in [0.4, 0.5) is 18.9 Å². The fourth-order valence-corrected chi connectivity index (χ4v) is 3.12. The Morgan fingerprint density at radius 1 is 1.17 bits per heavy atom. The zero-order valence-corrected chi connectivity index (χ0v) is 15.1. The van der Waals surface area contributed by atoms with E-state index < -0.39 is 11.9 Å². The molecule has 0 amide bonds. The summed E-state index contributed by atoms with van der Waals surface area (Å²) in [5.74, 6) is 0. The van der Waals surface area contributed by atoms with Gasteiger partial charge >= 0.3 is 6.18 Å². The van der Waals surface area contributed by atoms with Gasteiger partial charge in [0, 0.05) is 15.8 Å². The predicted octanol–water partition coefficient (Wildman–Crippen LogP) is 4.86. The molecular weight excluding hydrogens is 432 g/mol. The van der Waals surface area contributed by atoms with Crippen molar-refractivity contribution in [3.8, 4) is 5.69 Å². The van der Waals surface area contributed by atoms with E-state index >= 15 is 0 Å². The van der Waals surface area contributed by atoms with Crippen LogP contribution in [0.15, 0.2) is 36.5 Å². The zero-order valence-electron chi connectivity index (χ0n) is 12.9. The van der Waals surface area contributed by atoms with Gasteiger partial charge in [-0.2, -0.15) is 18.3 Å². The lowest BCUT2D eigenvalue weighted by Crippen LogP contribution is -2.13. The fraction of sp³-hybridized carbons (Fsp3) is 0.250. The minimum absolute atomic E-state index is 0.0185. The number of aromatic nitrogens is 3. The number of nitrogens with zero attached hydrogens (tertiary/aromatic N) is 3. The Hall–Kier alpha value is -1.84. The van der Waals surface area contributed by atoms with Crippen LogP contribution in [0.5, 0.6) is 0 Å². The smallest absolute Gasteiger partial charge is 0.381 e. The van der Waals surface area contributed by atoms with E-state index in [1.807, 2.05) is 48.6 Å². The number of hydrogen-bond donors (Lipinski definition) is 1. The quantitative estimate of drug-likeness (QED) is 0.585. The Labute approximate surface area is 150 Å². The van der Waals surface area contributed by atoms with Crippen LogP contribution >= 0.6 is 22.6 Å². The SMILES string of the molecule is CC(C)Nc1ccccc1-n1nc(C(F)(F)F)c2c(I)ccnc21. The lowest BCUT2D eigenvalue weighted by Gasteiger charge is -2.14. The molecule has 4 nitrogen and oxygen atoms in total. The van der Waals surface area contributed by atoms with E-state index in [1.54, 1.807) is 18.2 Å². The third kappa shape index (κ3) is 3.06. The summed E-state index contributed by atoms with van der Waals surface area (Å²) >= 11 is 1.88. The summed E-state index contributed by atoms with van der Waals surface area (Å²) in [5, 5.41) is 7.09. The van der Waals surface area contributed by atoms with Crippen molar-refractivity contribution in [3.63, 3.8) is 0 Å². The number of rotatable bonds is 3. The highest BCUT2D eigenvalue weighted by Crippen LogP contribution is 2.37. The molecule has 0 atom stereocenters. The molecule has 2 heterocycles. The molecule has 0 aliphatic rings. The van der Waals surface area contributed by atoms with Crippen LogP contribution in [0.2, 0.25) is 0 Å². The van der Waals surface area contributed by atoms with Crippen molar-refractivity contribution in [2.45, 2.75) is 26.1 Å². The van der Waals surface area contributed by atoms with Crippen LogP contribution in [0.1, 0.15) is 19.5 Å². The van der Waals surface area contributed by atoms with Crippen LogP contribution in [0, 0.1) is 3.57 Å². The molecule has 24 heavy (non-hydrogen) atoms. The van der Waals surface area contributed by atoms with E-state index in [1.165, 1.54) is 10.9 Å². The van der Waals surface area contributed by atoms with Gasteiger partial charge in [-0.1, -0.05) is 12.1 Å². The van der Waals surface area contributed by atoms with E-state index in [2.05, 4.69) is 15.4 Å². The average molecular weight is 446 g/mol. The van der Waals surface area contributed by atoms with Crippen molar-refractivity contribution in [1.29, 1.82) is 0 Å². The van der Waals surface area contributed by atoms with Gasteiger partial charge in [0.2, 0.25) is 0 Å². The molecule has 3 rings (SSSR count). The van der Waals surface area contributed by atoms with E-state index in [-0.39, 0.29) is 17.1 Å². The summed E-state index contributed by atoms with van der Waals surface area (Å²) in [5.41, 5.74) is 0.495. The van der Waals surface area contributed by atoms with E-state index in [0.29, 0.717) is 14.9 Å². The number of hydrogen-bond acceptors (Lipinski definition) is 3. The molecule has 3 aromatic rings. The van der Waals surface area contributed by atoms with Gasteiger partial charge in [0.25, 0.3) is 0 Å². The van der Waals surface area contributed by atoms with Gasteiger partial charge in [-0.25, -0.2) is 9.67 Å². The normalized spacial score (nSPS) is 12.1. The Balaban J connectivity index is 2.31. The number of pyridine rings is 1. The molecule has 0 bridgehead atoms. The summed E-state index contributed by atoms with van der Waals surface area (Å²) < 4.78 is 42.0. The van der Waals surface area contributed by atoms with Crippen LogP contribution in [0.25, 0.3) is 16.7 Å². The summed E-state index contributed by atoms with van der Waals surface area (Å²) in [6.45, 7) is 3.92. The van der Waals surface area contributed by atoms with Gasteiger partial charge < -0.3 is 5.32 Å². The molecule has 0 unspecified atom stereocenters. The molecule has 0 aliphatic carbocycles. The maximum atomic E-state index is 13.4. The first kappa shape index (κ1) is 17.0. The van der Waals surface area contributed by atoms with Crippen molar-refractivity contribution >= 4 is 39.3 Å². The molecule has 1 aromatic carbocycles. The number of para-hydroxylation sites is 2. The maximum Gasteiger partial charge on any atom is 0.435 e. The minimum Gasteiger partial charge on any atom is -0.381 e. The molecule has 126 valence electrons. The third-order valence-electron chi connectivity index (χ3n) is 3.36. The predicted molar refractivity (Wildman–Crippen MR) is 95.3 cm³/mol. The van der Waals surface area contributed by atoms with Gasteiger partial charge in [-0.05, 0) is 54.6 Å². The highest BCUT2D eigenvalue weighted by atomic mass is 127. The molecule has 0 saturated carbocycles. The number of nitrogens with one attached hydrogen (secondary N) is 1. The van der Waals surface area contributed by atoms with Gasteiger partial charge in [0.15, 0.2) is 11.3 Å². The lowest BCUT2D eigenvalue weighted by atomic mass is 10.2. The number of halogens is 4. The molecule has 1 N–H and O–H groups in total. The topological polar surface area (TPSA) is 42.7 Å². The average Bonchev–Trinajstić information content (AvgIpc) is 2.88. The Morgan fingerprint density at radius 2 is 1.88 bits per heavy atom. The first-order chi connectivity index (χ1) is 11.3. The fourth-order valence-electron chi connectivity index (χ4n) is 2.46. The second-order valence-corrected chi connectivity index (χ2v) is 6.73. The van der Waals surface area contributed by atoms with Crippen molar-refractivity contribution in [3.05, 3.63) is 45.8 Å². The van der Waals surface area contributed by atoms with Crippen molar-refractivity contribution in [2.24, 2.45) is 0 Å². The number of benzene rings is 1. The monoisotopic (exact) mass is 446 g/mol. The molecule has 0 saturated heterocycles. The van der Waals surface area contributed by atoms with Crippen molar-refractivity contribution < 1.29 is 13.2 Å². The first-order valence-electron chi connectivity index (χ1n) is 7.25. The number of anilines is 1. The van der Waals surface area contributed by atoms with Crippen molar-refractivity contribution in [1.82, 2.24) is 14.8 Å². The van der Waals surface area contributed by atoms with Gasteiger partial charge in [-0.15, -0.1) is 0 Å². The molecule has 0 radical (unpaired) electrons.